The van der Waals surface area contributed by atoms with Crippen LogP contribution in [0.25, 0.3) is 0 Å². The maximum Gasteiger partial charge on any atom is 0.235 e. The molecule has 2 heterocycles. The Morgan fingerprint density at radius 3 is 2.75 bits per heavy atom. The summed E-state index contributed by atoms with van der Waals surface area (Å²) in [7, 11) is -2.99. The summed E-state index contributed by atoms with van der Waals surface area (Å²) in [5.74, 6) is 0.0605. The molecule has 2 atom stereocenters. The van der Waals surface area contributed by atoms with Gasteiger partial charge in [0.2, 0.25) is 12.0 Å². The van der Waals surface area contributed by atoms with Crippen LogP contribution in [0.1, 0.15) is 12.8 Å². The van der Waals surface area contributed by atoms with Crippen molar-refractivity contribution in [3.05, 3.63) is 0 Å². The van der Waals surface area contributed by atoms with Crippen LogP contribution in [0.5, 0.6) is 0 Å². The van der Waals surface area contributed by atoms with E-state index in [0.717, 1.165) is 0 Å². The Kier molecular flexibility index (Phi) is 2.82. The summed E-state index contributed by atoms with van der Waals surface area (Å²) in [4.78, 5) is 26.7. The average molecular weight is 244 g/mol. The van der Waals surface area contributed by atoms with E-state index in [1.54, 1.807) is 0 Å². The van der Waals surface area contributed by atoms with E-state index in [0.29, 0.717) is 13.0 Å². The molecule has 2 aliphatic rings. The average Bonchev–Trinajstić information content (AvgIpc) is 2.70. The first-order valence-corrected chi connectivity index (χ1v) is 6.91. The molecule has 0 aromatic heterocycles. The molecule has 0 bridgehead atoms. The van der Waals surface area contributed by atoms with Crippen LogP contribution in [0.4, 0.5) is 0 Å². The van der Waals surface area contributed by atoms with E-state index in [2.05, 4.69) is 4.99 Å². The first kappa shape index (κ1) is 11.3. The highest BCUT2D eigenvalue weighted by Crippen LogP contribution is 2.24. The third-order valence-corrected chi connectivity index (χ3v) is 4.77. The van der Waals surface area contributed by atoms with Crippen molar-refractivity contribution in [1.29, 1.82) is 0 Å². The number of likely N-dealkylation sites (tertiary alicyclic amines) is 1. The maximum absolute atomic E-state index is 11.6. The van der Waals surface area contributed by atoms with Gasteiger partial charge in [-0.25, -0.2) is 18.2 Å². The van der Waals surface area contributed by atoms with Gasteiger partial charge < -0.3 is 4.90 Å². The first-order chi connectivity index (χ1) is 7.52. The van der Waals surface area contributed by atoms with Gasteiger partial charge in [0.25, 0.3) is 0 Å². The van der Waals surface area contributed by atoms with E-state index < -0.39 is 9.84 Å². The monoisotopic (exact) mass is 244 g/mol. The van der Waals surface area contributed by atoms with E-state index in [1.807, 2.05) is 0 Å². The molecular formula is C9H12N2O4S. The zero-order valence-electron chi connectivity index (χ0n) is 8.63. The Bertz CT molecular complexity index is 452. The van der Waals surface area contributed by atoms with Gasteiger partial charge in [-0.05, 0) is 6.42 Å². The highest BCUT2D eigenvalue weighted by molar-refractivity contribution is 7.91. The number of amides is 1. The number of aliphatic imine (C=N–C) groups is 1. The number of sulfone groups is 1. The molecular weight excluding hydrogens is 232 g/mol. The minimum Gasteiger partial charge on any atom is -0.336 e. The zero-order chi connectivity index (χ0) is 11.8. The second-order valence-corrected chi connectivity index (χ2v) is 6.41. The molecule has 2 aliphatic heterocycles. The van der Waals surface area contributed by atoms with Crippen LogP contribution >= 0.6 is 0 Å². The van der Waals surface area contributed by atoms with E-state index in [1.165, 1.54) is 11.0 Å². The lowest BCUT2D eigenvalue weighted by Crippen LogP contribution is -2.37. The standard InChI is InChI=1S/C9H12N2O4S/c12-6-10-7-3-9(13)11(4-7)8-1-2-16(14,15)5-8/h7-8H,1-5H2. The van der Waals surface area contributed by atoms with Gasteiger partial charge in [0, 0.05) is 12.6 Å². The number of isocyanates is 1. The highest BCUT2D eigenvalue weighted by atomic mass is 32.2. The Morgan fingerprint density at radius 1 is 1.44 bits per heavy atom. The molecule has 0 aromatic rings. The highest BCUT2D eigenvalue weighted by Gasteiger charge is 2.39. The van der Waals surface area contributed by atoms with Gasteiger partial charge in [0.15, 0.2) is 9.84 Å². The van der Waals surface area contributed by atoms with Crippen LogP contribution < -0.4 is 0 Å². The van der Waals surface area contributed by atoms with Crippen molar-refractivity contribution in [3.63, 3.8) is 0 Å². The van der Waals surface area contributed by atoms with Crippen molar-refractivity contribution < 1.29 is 18.0 Å². The molecule has 2 saturated heterocycles. The quantitative estimate of drug-likeness (QED) is 0.466. The summed E-state index contributed by atoms with van der Waals surface area (Å²) >= 11 is 0. The lowest BCUT2D eigenvalue weighted by molar-refractivity contribution is -0.129. The van der Waals surface area contributed by atoms with E-state index >= 15 is 0 Å². The predicted octanol–water partition coefficient (Wildman–Crippen LogP) is -0.890. The van der Waals surface area contributed by atoms with Crippen molar-refractivity contribution in [3.8, 4) is 0 Å². The van der Waals surface area contributed by atoms with Gasteiger partial charge in [-0.1, -0.05) is 0 Å². The number of rotatable bonds is 2. The van der Waals surface area contributed by atoms with Gasteiger partial charge in [0.1, 0.15) is 0 Å². The maximum atomic E-state index is 11.6. The zero-order valence-corrected chi connectivity index (χ0v) is 9.44. The first-order valence-electron chi connectivity index (χ1n) is 5.09. The molecule has 2 rings (SSSR count). The molecule has 0 aliphatic carbocycles. The molecule has 88 valence electrons. The van der Waals surface area contributed by atoms with Crippen LogP contribution in [-0.2, 0) is 19.4 Å². The van der Waals surface area contributed by atoms with E-state index in [-0.39, 0.29) is 35.9 Å². The van der Waals surface area contributed by atoms with Crippen molar-refractivity contribution in [2.75, 3.05) is 18.1 Å². The van der Waals surface area contributed by atoms with Crippen LogP contribution in [0.2, 0.25) is 0 Å². The van der Waals surface area contributed by atoms with E-state index in [4.69, 9.17) is 0 Å². The molecule has 0 N–H and O–H groups in total. The van der Waals surface area contributed by atoms with Crippen molar-refractivity contribution >= 4 is 21.8 Å². The molecule has 0 saturated carbocycles. The number of hydrogen-bond donors (Lipinski definition) is 0. The minimum atomic E-state index is -2.99. The largest absolute Gasteiger partial charge is 0.336 e. The van der Waals surface area contributed by atoms with Gasteiger partial charge in [-0.15, -0.1) is 0 Å². The van der Waals surface area contributed by atoms with Crippen LogP contribution in [-0.4, -0.2) is 55.4 Å². The van der Waals surface area contributed by atoms with E-state index in [9.17, 15) is 18.0 Å². The molecule has 1 amide bonds. The smallest absolute Gasteiger partial charge is 0.235 e. The summed E-state index contributed by atoms with van der Waals surface area (Å²) in [5, 5.41) is 0. The number of carbonyl (C=O) groups is 1. The molecule has 0 spiro atoms. The van der Waals surface area contributed by atoms with Gasteiger partial charge in [-0.3, -0.25) is 4.79 Å². The molecule has 0 aromatic carbocycles. The molecule has 2 fully saturated rings. The second kappa shape index (κ2) is 3.99. The van der Waals surface area contributed by atoms with Crippen LogP contribution in [0.15, 0.2) is 4.99 Å². The summed E-state index contributed by atoms with van der Waals surface area (Å²) in [6, 6.07) is -0.586. The second-order valence-electron chi connectivity index (χ2n) is 4.18. The Labute approximate surface area is 93.3 Å². The molecule has 6 nitrogen and oxygen atoms in total. The number of nitrogens with zero attached hydrogens (tertiary/aromatic N) is 2. The normalized spacial score (nSPS) is 32.8. The third-order valence-electron chi connectivity index (χ3n) is 3.02. The summed E-state index contributed by atoms with van der Waals surface area (Å²) in [6.45, 7) is 0.342. The fourth-order valence-electron chi connectivity index (χ4n) is 2.25. The van der Waals surface area contributed by atoms with Crippen molar-refractivity contribution in [2.24, 2.45) is 4.99 Å². The fourth-order valence-corrected chi connectivity index (χ4v) is 3.98. The number of hydrogen-bond acceptors (Lipinski definition) is 5. The van der Waals surface area contributed by atoms with Gasteiger partial charge >= 0.3 is 0 Å². The van der Waals surface area contributed by atoms with Crippen molar-refractivity contribution in [1.82, 2.24) is 4.90 Å². The molecule has 0 radical (unpaired) electrons. The topological polar surface area (TPSA) is 83.9 Å². The Hall–Kier alpha value is -1.20. The third kappa shape index (κ3) is 2.15. The fraction of sp³-hybridized carbons (Fsp3) is 0.778. The summed E-state index contributed by atoms with van der Waals surface area (Å²) in [5.41, 5.74) is 0. The summed E-state index contributed by atoms with van der Waals surface area (Å²) in [6.07, 6.45) is 2.11. The van der Waals surface area contributed by atoms with Crippen LogP contribution in [0.3, 0.4) is 0 Å². The van der Waals surface area contributed by atoms with Crippen LogP contribution in [0, 0.1) is 0 Å². The molecule has 16 heavy (non-hydrogen) atoms. The van der Waals surface area contributed by atoms with Gasteiger partial charge in [-0.2, -0.15) is 0 Å². The Morgan fingerprint density at radius 2 is 2.19 bits per heavy atom. The Balaban J connectivity index is 2.07. The minimum absolute atomic E-state index is 0.0380. The summed E-state index contributed by atoms with van der Waals surface area (Å²) < 4.78 is 22.6. The lowest BCUT2D eigenvalue weighted by Gasteiger charge is -2.22. The molecule has 7 heteroatoms. The lowest BCUT2D eigenvalue weighted by atomic mass is 10.2. The SMILES string of the molecule is O=C=NC1CC(=O)N(C2CCS(=O)(=O)C2)C1. The van der Waals surface area contributed by atoms with Crippen molar-refractivity contribution in [2.45, 2.75) is 24.9 Å². The predicted molar refractivity (Wildman–Crippen MR) is 55.3 cm³/mol. The molecule has 2 unspecified atom stereocenters. The number of carbonyl (C=O) groups excluding carboxylic acids is 2. The van der Waals surface area contributed by atoms with Gasteiger partial charge in [0.05, 0.1) is 24.0 Å².